The number of hydrogen-bond donors (Lipinski definition) is 1. The number of carboxylic acids is 1. The molecule has 0 bridgehead atoms. The summed E-state index contributed by atoms with van der Waals surface area (Å²) in [6.07, 6.45) is 0.648. The Kier molecular flexibility index (Phi) is 5.11. The standard InChI is InChI=1S/C14H19ClN2O3/c1-5-10-7-9(8-11(15)16-10)12(18)17(6-2)14(3,4)13(19)20/h7-8H,5-6H2,1-4H3,(H,19,20). The van der Waals surface area contributed by atoms with Crippen LogP contribution in [0.25, 0.3) is 0 Å². The molecular formula is C14H19ClN2O3. The van der Waals surface area contributed by atoms with Crippen molar-refractivity contribution in [1.82, 2.24) is 9.88 Å². The molecule has 0 spiro atoms. The van der Waals surface area contributed by atoms with Crippen molar-refractivity contribution in [1.29, 1.82) is 0 Å². The number of hydrogen-bond acceptors (Lipinski definition) is 3. The molecule has 0 fully saturated rings. The lowest BCUT2D eigenvalue weighted by atomic mass is 10.0. The van der Waals surface area contributed by atoms with E-state index in [9.17, 15) is 14.7 Å². The van der Waals surface area contributed by atoms with Crippen LogP contribution < -0.4 is 0 Å². The molecule has 0 aromatic carbocycles. The number of carbonyl (C=O) groups excluding carboxylic acids is 1. The highest BCUT2D eigenvalue weighted by Gasteiger charge is 2.37. The van der Waals surface area contributed by atoms with E-state index in [1.54, 1.807) is 13.0 Å². The van der Waals surface area contributed by atoms with Crippen molar-refractivity contribution >= 4 is 23.5 Å². The van der Waals surface area contributed by atoms with Crippen molar-refractivity contribution in [3.05, 3.63) is 28.5 Å². The zero-order valence-corrected chi connectivity index (χ0v) is 12.9. The maximum Gasteiger partial charge on any atom is 0.329 e. The Labute approximate surface area is 123 Å². The first-order valence-electron chi connectivity index (χ1n) is 6.45. The van der Waals surface area contributed by atoms with Gasteiger partial charge in [-0.15, -0.1) is 0 Å². The quantitative estimate of drug-likeness (QED) is 0.848. The maximum atomic E-state index is 12.5. The minimum atomic E-state index is -1.28. The summed E-state index contributed by atoms with van der Waals surface area (Å²) in [5.41, 5.74) is -0.225. The average Bonchev–Trinajstić information content (AvgIpc) is 2.38. The predicted octanol–water partition coefficient (Wildman–Crippen LogP) is 2.62. The fourth-order valence-corrected chi connectivity index (χ4v) is 2.15. The van der Waals surface area contributed by atoms with E-state index < -0.39 is 11.5 Å². The molecule has 0 aliphatic carbocycles. The topological polar surface area (TPSA) is 70.5 Å². The summed E-state index contributed by atoms with van der Waals surface area (Å²) < 4.78 is 0. The van der Waals surface area contributed by atoms with Gasteiger partial charge in [0.05, 0.1) is 0 Å². The van der Waals surface area contributed by atoms with Gasteiger partial charge in [0.2, 0.25) is 0 Å². The van der Waals surface area contributed by atoms with E-state index in [1.807, 2.05) is 6.92 Å². The van der Waals surface area contributed by atoms with Crippen molar-refractivity contribution in [2.45, 2.75) is 39.7 Å². The summed E-state index contributed by atoms with van der Waals surface area (Å²) in [6, 6.07) is 3.11. The molecule has 1 aromatic rings. The SMILES string of the molecule is CCc1cc(C(=O)N(CC)C(C)(C)C(=O)O)cc(Cl)n1. The molecule has 1 heterocycles. The molecular weight excluding hydrogens is 280 g/mol. The smallest absolute Gasteiger partial charge is 0.329 e. The molecule has 110 valence electrons. The van der Waals surface area contributed by atoms with E-state index in [-0.39, 0.29) is 11.1 Å². The number of likely N-dealkylation sites (N-methyl/N-ethyl adjacent to an activating group) is 1. The predicted molar refractivity (Wildman–Crippen MR) is 77.1 cm³/mol. The van der Waals surface area contributed by atoms with E-state index >= 15 is 0 Å². The Morgan fingerprint density at radius 3 is 2.40 bits per heavy atom. The van der Waals surface area contributed by atoms with Gasteiger partial charge in [-0.2, -0.15) is 0 Å². The summed E-state index contributed by atoms with van der Waals surface area (Å²) in [6.45, 7) is 6.94. The Bertz CT molecular complexity index is 529. The lowest BCUT2D eigenvalue weighted by Crippen LogP contribution is -2.52. The number of amides is 1. The molecule has 0 aliphatic heterocycles. The number of carboxylic acid groups (broad SMARTS) is 1. The van der Waals surface area contributed by atoms with Gasteiger partial charge >= 0.3 is 5.97 Å². The molecule has 1 N–H and O–H groups in total. The largest absolute Gasteiger partial charge is 0.480 e. The van der Waals surface area contributed by atoms with E-state index in [4.69, 9.17) is 11.6 Å². The average molecular weight is 299 g/mol. The normalized spacial score (nSPS) is 11.2. The minimum absolute atomic E-state index is 0.233. The summed E-state index contributed by atoms with van der Waals surface area (Å²) in [4.78, 5) is 29.2. The number of pyridine rings is 1. The molecule has 5 nitrogen and oxygen atoms in total. The highest BCUT2D eigenvalue weighted by atomic mass is 35.5. The van der Waals surface area contributed by atoms with Crippen LogP contribution in [0.1, 0.15) is 43.7 Å². The molecule has 20 heavy (non-hydrogen) atoms. The van der Waals surface area contributed by atoms with E-state index in [1.165, 1.54) is 24.8 Å². The monoisotopic (exact) mass is 298 g/mol. The number of aromatic nitrogens is 1. The van der Waals surface area contributed by atoms with Gasteiger partial charge in [-0.1, -0.05) is 18.5 Å². The van der Waals surface area contributed by atoms with Crippen LogP contribution in [-0.2, 0) is 11.2 Å². The number of aliphatic carboxylic acids is 1. The third kappa shape index (κ3) is 3.28. The van der Waals surface area contributed by atoms with Gasteiger partial charge in [0.25, 0.3) is 5.91 Å². The van der Waals surface area contributed by atoms with Crippen LogP contribution in [0.4, 0.5) is 0 Å². The van der Waals surface area contributed by atoms with Crippen LogP contribution in [0.2, 0.25) is 5.15 Å². The zero-order valence-electron chi connectivity index (χ0n) is 12.1. The van der Waals surface area contributed by atoms with Crippen molar-refractivity contribution in [2.24, 2.45) is 0 Å². The van der Waals surface area contributed by atoms with Crippen LogP contribution in [0.3, 0.4) is 0 Å². The van der Waals surface area contributed by atoms with E-state index in [0.717, 1.165) is 0 Å². The fourth-order valence-electron chi connectivity index (χ4n) is 1.92. The first-order valence-corrected chi connectivity index (χ1v) is 6.83. The third-order valence-electron chi connectivity index (χ3n) is 3.22. The second kappa shape index (κ2) is 6.22. The Morgan fingerprint density at radius 2 is 1.95 bits per heavy atom. The summed E-state index contributed by atoms with van der Waals surface area (Å²) in [7, 11) is 0. The highest BCUT2D eigenvalue weighted by Crippen LogP contribution is 2.20. The molecule has 1 aromatic heterocycles. The van der Waals surface area contributed by atoms with Crippen molar-refractivity contribution in [3.63, 3.8) is 0 Å². The second-order valence-corrected chi connectivity index (χ2v) is 5.32. The Hall–Kier alpha value is -1.62. The van der Waals surface area contributed by atoms with Gasteiger partial charge in [-0.3, -0.25) is 4.79 Å². The van der Waals surface area contributed by atoms with Crippen LogP contribution in [0.5, 0.6) is 0 Å². The molecule has 1 rings (SSSR count). The fraction of sp³-hybridized carbons (Fsp3) is 0.500. The summed E-state index contributed by atoms with van der Waals surface area (Å²) >= 11 is 5.90. The van der Waals surface area contributed by atoms with Crippen LogP contribution >= 0.6 is 11.6 Å². The molecule has 0 saturated carbocycles. The van der Waals surface area contributed by atoms with Gasteiger partial charge in [0, 0.05) is 17.8 Å². The van der Waals surface area contributed by atoms with Crippen LogP contribution in [-0.4, -0.2) is 39.0 Å². The van der Waals surface area contributed by atoms with Gasteiger partial charge in [-0.25, -0.2) is 9.78 Å². The Morgan fingerprint density at radius 1 is 1.35 bits per heavy atom. The number of aryl methyl sites for hydroxylation is 1. The number of rotatable bonds is 5. The first-order chi connectivity index (χ1) is 9.23. The second-order valence-electron chi connectivity index (χ2n) is 4.94. The first kappa shape index (κ1) is 16.4. The van der Waals surface area contributed by atoms with Crippen molar-refractivity contribution in [3.8, 4) is 0 Å². The third-order valence-corrected chi connectivity index (χ3v) is 3.41. The van der Waals surface area contributed by atoms with Gasteiger partial charge in [-0.05, 0) is 39.3 Å². The molecule has 0 aliphatic rings. The van der Waals surface area contributed by atoms with Crippen LogP contribution in [0, 0.1) is 0 Å². The molecule has 0 unspecified atom stereocenters. The van der Waals surface area contributed by atoms with Gasteiger partial charge in [0.1, 0.15) is 10.7 Å². The number of halogens is 1. The van der Waals surface area contributed by atoms with Crippen molar-refractivity contribution in [2.75, 3.05) is 6.54 Å². The molecule has 0 atom stereocenters. The van der Waals surface area contributed by atoms with Crippen LogP contribution in [0.15, 0.2) is 12.1 Å². The molecule has 1 amide bonds. The molecule has 0 saturated heterocycles. The van der Waals surface area contributed by atoms with Gasteiger partial charge in [0.15, 0.2) is 0 Å². The van der Waals surface area contributed by atoms with Gasteiger partial charge < -0.3 is 10.0 Å². The Balaban J connectivity index is 3.21. The molecule has 0 radical (unpaired) electrons. The minimum Gasteiger partial charge on any atom is -0.480 e. The highest BCUT2D eigenvalue weighted by molar-refractivity contribution is 6.29. The van der Waals surface area contributed by atoms with E-state index in [2.05, 4.69) is 4.98 Å². The lowest BCUT2D eigenvalue weighted by Gasteiger charge is -2.34. The maximum absolute atomic E-state index is 12.5. The van der Waals surface area contributed by atoms with E-state index in [0.29, 0.717) is 24.2 Å². The number of nitrogens with zero attached hydrogens (tertiary/aromatic N) is 2. The zero-order chi connectivity index (χ0) is 15.5. The lowest BCUT2D eigenvalue weighted by molar-refractivity contribution is -0.147. The van der Waals surface area contributed by atoms with Crippen molar-refractivity contribution < 1.29 is 14.7 Å². The molecule has 6 heteroatoms. The summed E-state index contributed by atoms with van der Waals surface area (Å²) in [5, 5.41) is 9.49. The summed E-state index contributed by atoms with van der Waals surface area (Å²) in [5.74, 6) is -1.41. The number of carbonyl (C=O) groups is 2.